The average molecular weight is 112 g/mol. The van der Waals surface area contributed by atoms with Crippen molar-refractivity contribution >= 4 is 0 Å². The Morgan fingerprint density at radius 3 is 1.88 bits per heavy atom. The number of phenolic OH excluding ortho intramolecular Hbond substituents is 2. The maximum Gasteiger partial charge on any atom is 0.157 e. The van der Waals surface area contributed by atoms with E-state index in [1.54, 1.807) is 0 Å². The molecule has 0 unspecified atom stereocenters. The molecule has 0 bridgehead atoms. The number of hydrogen-bond donors (Lipinski definition) is 2. The Labute approximate surface area is 49.8 Å². The van der Waals surface area contributed by atoms with Crippen molar-refractivity contribution in [1.29, 1.82) is 0 Å². The van der Waals surface area contributed by atoms with Crippen molar-refractivity contribution in [3.05, 3.63) is 24.2 Å². The van der Waals surface area contributed by atoms with Crippen molar-refractivity contribution in [2.24, 2.45) is 0 Å². The Kier molecular flexibility index (Phi) is 0.645. The fraction of sp³-hybridized carbons (Fsp3) is 0. The van der Waals surface area contributed by atoms with Crippen molar-refractivity contribution in [2.75, 3.05) is 0 Å². The van der Waals surface area contributed by atoms with Gasteiger partial charge in [-0.1, -0.05) is 12.1 Å². The predicted octanol–water partition coefficient (Wildman–Crippen LogP) is 1.10. The minimum absolute atomic E-state index is 0.102. The van der Waals surface area contributed by atoms with E-state index in [2.05, 4.69) is 0 Å². The molecule has 1 aromatic rings. The van der Waals surface area contributed by atoms with Gasteiger partial charge >= 0.3 is 0 Å². The lowest BCUT2D eigenvalue weighted by molar-refractivity contribution is 0.404. The molecule has 1 aromatic carbocycles. The molecule has 0 radical (unpaired) electrons. The Hall–Kier alpha value is -1.18. The van der Waals surface area contributed by atoms with Gasteiger partial charge < -0.3 is 10.2 Å². The number of para-hydroxylation sites is 2. The average Bonchev–Trinajstić information content (AvgIpc) is 1.84. The second-order valence-electron chi connectivity index (χ2n) is 1.35. The van der Waals surface area contributed by atoms with Gasteiger partial charge in [0, 0.05) is 0 Å². The van der Waals surface area contributed by atoms with E-state index in [1.165, 1.54) is 0 Å². The lowest BCUT2D eigenvalue weighted by Crippen LogP contribution is -1.63. The third-order valence-electron chi connectivity index (χ3n) is 0.764. The first kappa shape index (κ1) is 2.97. The van der Waals surface area contributed by atoms with Crippen LogP contribution < -0.4 is 0 Å². The van der Waals surface area contributed by atoms with Gasteiger partial charge in [-0.05, 0) is 12.1 Å². The normalized spacial score (nSPS) is 12.5. The topological polar surface area (TPSA) is 40.5 Å². The quantitative estimate of drug-likeness (QED) is 0.493. The smallest absolute Gasteiger partial charge is 0.157 e. The zero-order valence-corrected chi connectivity index (χ0v) is 4.05. The molecule has 0 spiro atoms. The van der Waals surface area contributed by atoms with Crippen molar-refractivity contribution in [3.63, 3.8) is 0 Å². The molecule has 1 rings (SSSR count). The van der Waals surface area contributed by atoms with Gasteiger partial charge in [0.25, 0.3) is 0 Å². The number of hydrogen-bond acceptors (Lipinski definition) is 2. The largest absolute Gasteiger partial charge is 0.504 e. The standard InChI is InChI=1S/C6H6O2/c7-5-3-1-2-4-6(5)8/h1-4,7-8H/i1D,2D. The molecule has 2 heteroatoms. The third-order valence-corrected chi connectivity index (χ3v) is 0.764. The molecule has 2 N–H and O–H groups in total. The molecule has 0 aliphatic rings. The van der Waals surface area contributed by atoms with Crippen LogP contribution in [0.4, 0.5) is 0 Å². The summed E-state index contributed by atoms with van der Waals surface area (Å²) in [5.74, 6) is -0.720. The third kappa shape index (κ3) is 0.729. The molecular formula is C6H6O2. The number of phenols is 2. The molecule has 42 valence electrons. The van der Waals surface area contributed by atoms with E-state index >= 15 is 0 Å². The van der Waals surface area contributed by atoms with Gasteiger partial charge in [-0.25, -0.2) is 0 Å². The van der Waals surface area contributed by atoms with E-state index in [0.29, 0.717) is 0 Å². The van der Waals surface area contributed by atoms with Crippen molar-refractivity contribution in [3.8, 4) is 11.5 Å². The summed E-state index contributed by atoms with van der Waals surface area (Å²) in [4.78, 5) is 0. The maximum atomic E-state index is 8.77. The highest BCUT2D eigenvalue weighted by molar-refractivity contribution is 5.36. The second-order valence-corrected chi connectivity index (χ2v) is 1.35. The number of rotatable bonds is 0. The van der Waals surface area contributed by atoms with Crippen LogP contribution in [0, 0.1) is 0 Å². The van der Waals surface area contributed by atoms with Crippen LogP contribution in [-0.4, -0.2) is 10.2 Å². The minimum Gasteiger partial charge on any atom is -0.504 e. The van der Waals surface area contributed by atoms with Crippen molar-refractivity contribution in [1.82, 2.24) is 0 Å². The molecule has 2 nitrogen and oxygen atoms in total. The highest BCUT2D eigenvalue weighted by Gasteiger charge is 1.90. The molecular weight excluding hydrogens is 104 g/mol. The molecule has 0 saturated carbocycles. The van der Waals surface area contributed by atoms with E-state index < -0.39 is 0 Å². The van der Waals surface area contributed by atoms with Crippen molar-refractivity contribution in [2.45, 2.75) is 0 Å². The van der Waals surface area contributed by atoms with E-state index in [1.807, 2.05) is 0 Å². The summed E-state index contributed by atoms with van der Waals surface area (Å²) in [6, 6.07) is 1.85. The van der Waals surface area contributed by atoms with Crippen LogP contribution in [0.25, 0.3) is 0 Å². The van der Waals surface area contributed by atoms with Crippen LogP contribution in [0.15, 0.2) is 24.2 Å². The van der Waals surface area contributed by atoms with Gasteiger partial charge in [0.1, 0.15) is 0 Å². The molecule has 0 aliphatic heterocycles. The summed E-state index contributed by atoms with van der Waals surface area (Å²) in [5, 5.41) is 17.5. The summed E-state index contributed by atoms with van der Waals surface area (Å²) >= 11 is 0. The van der Waals surface area contributed by atoms with Gasteiger partial charge in [0.15, 0.2) is 11.5 Å². The number of benzene rings is 1. The summed E-state index contributed by atoms with van der Waals surface area (Å²) in [7, 11) is 0. The van der Waals surface area contributed by atoms with E-state index in [9.17, 15) is 0 Å². The SMILES string of the molecule is [2H]c1cc(O)c(O)cc1[2H]. The lowest BCUT2D eigenvalue weighted by Gasteiger charge is -1.91. The monoisotopic (exact) mass is 112 g/mol. The first-order chi connectivity index (χ1) is 4.61. The van der Waals surface area contributed by atoms with Crippen LogP contribution in [0.1, 0.15) is 2.74 Å². The maximum absolute atomic E-state index is 8.77. The second kappa shape index (κ2) is 1.74. The van der Waals surface area contributed by atoms with Gasteiger partial charge in [-0.3, -0.25) is 0 Å². The summed E-state index contributed by atoms with van der Waals surface area (Å²) in [5.41, 5.74) is 0. The fourth-order valence-electron chi connectivity index (χ4n) is 0.368. The first-order valence-corrected chi connectivity index (χ1v) is 2.10. The molecule has 0 atom stereocenters. The Bertz CT molecular complexity index is 210. The zero-order chi connectivity index (χ0) is 7.72. The molecule has 0 heterocycles. The predicted molar refractivity (Wildman–Crippen MR) is 29.8 cm³/mol. The Morgan fingerprint density at radius 1 is 1.12 bits per heavy atom. The molecule has 8 heavy (non-hydrogen) atoms. The molecule has 0 fully saturated rings. The van der Waals surface area contributed by atoms with Gasteiger partial charge in [-0.2, -0.15) is 0 Å². The Morgan fingerprint density at radius 2 is 1.50 bits per heavy atom. The first-order valence-electron chi connectivity index (χ1n) is 3.10. The van der Waals surface area contributed by atoms with Gasteiger partial charge in [-0.15, -0.1) is 0 Å². The molecule has 0 amide bonds. The van der Waals surface area contributed by atoms with Gasteiger partial charge in [0.2, 0.25) is 0 Å². The highest BCUT2D eigenvalue weighted by Crippen LogP contribution is 2.21. The molecule has 0 aromatic heterocycles. The number of aromatic hydroxyl groups is 2. The van der Waals surface area contributed by atoms with Crippen LogP contribution in [0.3, 0.4) is 0 Å². The fourth-order valence-corrected chi connectivity index (χ4v) is 0.368. The summed E-state index contributed by atoms with van der Waals surface area (Å²) in [6.45, 7) is 0. The van der Waals surface area contributed by atoms with E-state index in [0.717, 1.165) is 12.1 Å². The summed E-state index contributed by atoms with van der Waals surface area (Å²) in [6.07, 6.45) is 0. The van der Waals surface area contributed by atoms with Crippen LogP contribution >= 0.6 is 0 Å². The van der Waals surface area contributed by atoms with Crippen LogP contribution in [-0.2, 0) is 0 Å². The molecule has 0 aliphatic carbocycles. The summed E-state index contributed by atoms with van der Waals surface area (Å²) < 4.78 is 14.0. The molecule has 0 saturated heterocycles. The lowest BCUT2D eigenvalue weighted by atomic mass is 10.3. The van der Waals surface area contributed by atoms with E-state index in [4.69, 9.17) is 13.0 Å². The van der Waals surface area contributed by atoms with E-state index in [-0.39, 0.29) is 23.6 Å². The Balaban J connectivity index is 3.28. The highest BCUT2D eigenvalue weighted by atomic mass is 16.3. The zero-order valence-electron chi connectivity index (χ0n) is 6.05. The van der Waals surface area contributed by atoms with Crippen LogP contribution in [0.2, 0.25) is 0 Å². The minimum atomic E-state index is -0.360. The van der Waals surface area contributed by atoms with Gasteiger partial charge in [0.05, 0.1) is 2.74 Å². The van der Waals surface area contributed by atoms with Crippen LogP contribution in [0.5, 0.6) is 11.5 Å². The van der Waals surface area contributed by atoms with Crippen molar-refractivity contribution < 1.29 is 13.0 Å².